The standard InChI is InChI=1S/C19H14N2O2S/c1-23-15-10-20-16(11-6-2-4-8-13(11)18(20)22)17-12-7-3-5-9-14(12)19(24)21(15)17/h2-9,15H,10H2,1H3. The molecule has 0 aliphatic carbocycles. The summed E-state index contributed by atoms with van der Waals surface area (Å²) in [5, 5.41) is 0. The van der Waals surface area contributed by atoms with Crippen LogP contribution in [0.5, 0.6) is 0 Å². The van der Waals surface area contributed by atoms with Gasteiger partial charge in [0.05, 0.1) is 17.9 Å². The van der Waals surface area contributed by atoms with Gasteiger partial charge in [0.2, 0.25) is 0 Å². The molecule has 118 valence electrons. The maximum atomic E-state index is 12.9. The van der Waals surface area contributed by atoms with Crippen molar-refractivity contribution in [3.05, 3.63) is 70.8 Å². The van der Waals surface area contributed by atoms with E-state index >= 15 is 0 Å². The van der Waals surface area contributed by atoms with E-state index in [1.807, 2.05) is 47.4 Å². The third-order valence-corrected chi connectivity index (χ3v) is 5.34. The van der Waals surface area contributed by atoms with E-state index in [0.29, 0.717) is 6.54 Å². The van der Waals surface area contributed by atoms with Crippen LogP contribution in [0.15, 0.2) is 48.5 Å². The number of rotatable bonds is 1. The van der Waals surface area contributed by atoms with Gasteiger partial charge < -0.3 is 14.5 Å². The molecule has 0 bridgehead atoms. The Bertz CT molecular complexity index is 950. The lowest BCUT2D eigenvalue weighted by Crippen LogP contribution is -2.48. The van der Waals surface area contributed by atoms with Gasteiger partial charge in [-0.25, -0.2) is 0 Å². The van der Waals surface area contributed by atoms with Crippen molar-refractivity contribution < 1.29 is 9.53 Å². The zero-order chi connectivity index (χ0) is 16.4. The van der Waals surface area contributed by atoms with Crippen molar-refractivity contribution in [2.75, 3.05) is 13.7 Å². The molecule has 2 aromatic carbocycles. The van der Waals surface area contributed by atoms with Gasteiger partial charge in [-0.15, -0.1) is 0 Å². The number of fused-ring (bicyclic) bond motifs is 6. The Morgan fingerprint density at radius 2 is 1.54 bits per heavy atom. The van der Waals surface area contributed by atoms with Gasteiger partial charge in [-0.05, 0) is 6.07 Å². The Kier molecular flexibility index (Phi) is 2.75. The molecule has 1 amide bonds. The van der Waals surface area contributed by atoms with Crippen LogP contribution in [0.1, 0.15) is 27.0 Å². The lowest BCUT2D eigenvalue weighted by atomic mass is 10.0. The molecular weight excluding hydrogens is 320 g/mol. The van der Waals surface area contributed by atoms with Crippen molar-refractivity contribution in [3.8, 4) is 0 Å². The summed E-state index contributed by atoms with van der Waals surface area (Å²) in [4.78, 5) is 17.5. The number of nitrogens with zero attached hydrogens (tertiary/aromatic N) is 2. The normalized spacial score (nSPS) is 21.0. The van der Waals surface area contributed by atoms with Crippen molar-refractivity contribution in [1.82, 2.24) is 9.80 Å². The zero-order valence-corrected chi connectivity index (χ0v) is 13.8. The van der Waals surface area contributed by atoms with Gasteiger partial charge in [0.25, 0.3) is 5.91 Å². The second-order valence-electron chi connectivity index (χ2n) is 6.07. The van der Waals surface area contributed by atoms with Gasteiger partial charge in [0.1, 0.15) is 4.99 Å². The van der Waals surface area contributed by atoms with Gasteiger partial charge in [-0.2, -0.15) is 0 Å². The third kappa shape index (κ3) is 1.56. The fourth-order valence-corrected chi connectivity index (χ4v) is 4.26. The summed E-state index contributed by atoms with van der Waals surface area (Å²) in [6.07, 6.45) is -0.276. The molecule has 3 heterocycles. The average Bonchev–Trinajstić information content (AvgIpc) is 3.08. The first-order valence-electron chi connectivity index (χ1n) is 7.83. The minimum absolute atomic E-state index is 0.0325. The van der Waals surface area contributed by atoms with Crippen LogP contribution in [-0.2, 0) is 4.74 Å². The molecule has 0 saturated heterocycles. The maximum Gasteiger partial charge on any atom is 0.259 e. The molecule has 0 radical (unpaired) electrons. The highest BCUT2D eigenvalue weighted by molar-refractivity contribution is 7.80. The molecule has 4 nitrogen and oxygen atoms in total. The molecule has 0 saturated carbocycles. The Balaban J connectivity index is 1.87. The van der Waals surface area contributed by atoms with Crippen LogP contribution in [0, 0.1) is 0 Å². The number of amides is 1. The number of hydrogen-bond acceptors (Lipinski definition) is 3. The first kappa shape index (κ1) is 13.9. The number of hydrogen-bond donors (Lipinski definition) is 0. The molecule has 0 N–H and O–H groups in total. The molecule has 1 atom stereocenters. The molecule has 2 aromatic rings. The topological polar surface area (TPSA) is 32.8 Å². The van der Waals surface area contributed by atoms with Crippen LogP contribution in [0.25, 0.3) is 11.4 Å². The lowest BCUT2D eigenvalue weighted by Gasteiger charge is -2.39. The van der Waals surface area contributed by atoms with E-state index < -0.39 is 0 Å². The third-order valence-electron chi connectivity index (χ3n) is 4.92. The minimum Gasteiger partial charge on any atom is -0.359 e. The molecule has 5 heteroatoms. The molecule has 3 aliphatic heterocycles. The summed E-state index contributed by atoms with van der Waals surface area (Å²) in [5.41, 5.74) is 5.72. The highest BCUT2D eigenvalue weighted by Crippen LogP contribution is 2.47. The van der Waals surface area contributed by atoms with Crippen molar-refractivity contribution in [2.24, 2.45) is 0 Å². The lowest BCUT2D eigenvalue weighted by molar-refractivity contribution is 0.0135. The molecule has 5 rings (SSSR count). The van der Waals surface area contributed by atoms with Gasteiger partial charge in [0, 0.05) is 29.4 Å². The largest absolute Gasteiger partial charge is 0.359 e. The van der Waals surface area contributed by atoms with Gasteiger partial charge in [-0.3, -0.25) is 4.79 Å². The van der Waals surface area contributed by atoms with Gasteiger partial charge in [0.15, 0.2) is 6.23 Å². The Labute approximate surface area is 144 Å². The van der Waals surface area contributed by atoms with Crippen LogP contribution >= 0.6 is 12.2 Å². The van der Waals surface area contributed by atoms with Gasteiger partial charge in [-0.1, -0.05) is 54.7 Å². The Morgan fingerprint density at radius 1 is 0.958 bits per heavy atom. The zero-order valence-electron chi connectivity index (χ0n) is 13.0. The molecule has 1 unspecified atom stereocenters. The molecular formula is C19H14N2O2S. The fraction of sp³-hybridized carbons (Fsp3) is 0.158. The van der Waals surface area contributed by atoms with Crippen LogP contribution in [0.2, 0.25) is 0 Å². The van der Waals surface area contributed by atoms with E-state index in [4.69, 9.17) is 17.0 Å². The second kappa shape index (κ2) is 4.75. The Hall–Kier alpha value is -2.50. The first-order valence-corrected chi connectivity index (χ1v) is 8.24. The minimum atomic E-state index is -0.276. The molecule has 0 fully saturated rings. The summed E-state index contributed by atoms with van der Waals surface area (Å²) in [7, 11) is 1.66. The first-order chi connectivity index (χ1) is 11.7. The summed E-state index contributed by atoms with van der Waals surface area (Å²) >= 11 is 5.71. The van der Waals surface area contributed by atoms with E-state index in [1.165, 1.54) is 0 Å². The van der Waals surface area contributed by atoms with Crippen molar-refractivity contribution in [2.45, 2.75) is 6.23 Å². The molecule has 0 spiro atoms. The number of carbonyl (C=O) groups is 1. The summed E-state index contributed by atoms with van der Waals surface area (Å²) in [6, 6.07) is 15.8. The SMILES string of the molecule is COC1CN2C(=O)c3ccccc3C2=C2c3ccccc3C(=S)N21. The smallest absolute Gasteiger partial charge is 0.259 e. The number of carbonyl (C=O) groups excluding carboxylic acids is 1. The Morgan fingerprint density at radius 3 is 2.21 bits per heavy atom. The fourth-order valence-electron chi connectivity index (χ4n) is 3.87. The van der Waals surface area contributed by atoms with Crippen molar-refractivity contribution >= 4 is 34.5 Å². The monoisotopic (exact) mass is 334 g/mol. The van der Waals surface area contributed by atoms with Crippen molar-refractivity contribution in [3.63, 3.8) is 0 Å². The molecule has 24 heavy (non-hydrogen) atoms. The van der Waals surface area contributed by atoms with Crippen LogP contribution < -0.4 is 0 Å². The van der Waals surface area contributed by atoms with E-state index in [0.717, 1.165) is 38.6 Å². The quantitative estimate of drug-likeness (QED) is 0.751. The van der Waals surface area contributed by atoms with E-state index in [2.05, 4.69) is 11.0 Å². The predicted octanol–water partition coefficient (Wildman–Crippen LogP) is 2.95. The highest BCUT2D eigenvalue weighted by Gasteiger charge is 2.47. The summed E-state index contributed by atoms with van der Waals surface area (Å²) in [5.74, 6) is 0.0325. The summed E-state index contributed by atoms with van der Waals surface area (Å²) < 4.78 is 5.67. The van der Waals surface area contributed by atoms with E-state index in [-0.39, 0.29) is 12.1 Å². The maximum absolute atomic E-state index is 12.9. The van der Waals surface area contributed by atoms with Gasteiger partial charge >= 0.3 is 0 Å². The highest BCUT2D eigenvalue weighted by atomic mass is 32.1. The van der Waals surface area contributed by atoms with Crippen LogP contribution in [0.3, 0.4) is 0 Å². The van der Waals surface area contributed by atoms with Crippen molar-refractivity contribution in [1.29, 1.82) is 0 Å². The second-order valence-corrected chi connectivity index (χ2v) is 6.46. The number of benzene rings is 2. The number of thiocarbonyl (C=S) groups is 1. The van der Waals surface area contributed by atoms with E-state index in [1.54, 1.807) is 7.11 Å². The number of ether oxygens (including phenoxy) is 1. The van der Waals surface area contributed by atoms with Crippen LogP contribution in [0.4, 0.5) is 0 Å². The molecule has 3 aliphatic rings. The average molecular weight is 334 g/mol. The van der Waals surface area contributed by atoms with Crippen LogP contribution in [-0.4, -0.2) is 40.6 Å². The predicted molar refractivity (Wildman–Crippen MR) is 95.1 cm³/mol. The summed E-state index contributed by atoms with van der Waals surface area (Å²) in [6.45, 7) is 0.469. The van der Waals surface area contributed by atoms with E-state index in [9.17, 15) is 4.79 Å². The molecule has 0 aromatic heterocycles. The number of methoxy groups -OCH3 is 1.